The molecule has 5 heteroatoms. The summed E-state index contributed by atoms with van der Waals surface area (Å²) in [4.78, 5) is 11.5. The Labute approximate surface area is 94.0 Å². The number of nitrogens with two attached hydrogens (primary N) is 1. The topological polar surface area (TPSA) is 64.8 Å². The maximum absolute atomic E-state index is 11.5. The number of hydrogen-bond acceptors (Lipinski definition) is 4. The SMILES string of the molecule is COC=CC(=O)N(N)c1ccc(OC)cc1. The van der Waals surface area contributed by atoms with Gasteiger partial charge < -0.3 is 9.47 Å². The molecular weight excluding hydrogens is 208 g/mol. The molecule has 0 bridgehead atoms. The summed E-state index contributed by atoms with van der Waals surface area (Å²) in [6.07, 6.45) is 2.51. The van der Waals surface area contributed by atoms with Crippen molar-refractivity contribution in [3.63, 3.8) is 0 Å². The molecule has 86 valence electrons. The lowest BCUT2D eigenvalue weighted by atomic mass is 10.3. The van der Waals surface area contributed by atoms with Crippen molar-refractivity contribution in [3.05, 3.63) is 36.6 Å². The number of carbonyl (C=O) groups is 1. The van der Waals surface area contributed by atoms with E-state index in [0.29, 0.717) is 11.4 Å². The van der Waals surface area contributed by atoms with Gasteiger partial charge in [-0.2, -0.15) is 0 Å². The monoisotopic (exact) mass is 222 g/mol. The fourth-order valence-electron chi connectivity index (χ4n) is 1.08. The number of methoxy groups -OCH3 is 2. The van der Waals surface area contributed by atoms with Gasteiger partial charge in [0, 0.05) is 6.08 Å². The molecular formula is C11H14N2O3. The molecule has 5 nitrogen and oxygen atoms in total. The van der Waals surface area contributed by atoms with Crippen molar-refractivity contribution >= 4 is 11.6 Å². The Balaban J connectivity index is 2.75. The Morgan fingerprint density at radius 1 is 1.31 bits per heavy atom. The highest BCUT2D eigenvalue weighted by Gasteiger charge is 2.08. The molecule has 0 fully saturated rings. The third kappa shape index (κ3) is 2.99. The molecule has 0 aliphatic heterocycles. The summed E-state index contributed by atoms with van der Waals surface area (Å²) >= 11 is 0. The Kier molecular flexibility index (Phi) is 4.35. The predicted molar refractivity (Wildman–Crippen MR) is 60.8 cm³/mol. The fraction of sp³-hybridized carbons (Fsp3) is 0.182. The molecule has 1 rings (SSSR count). The van der Waals surface area contributed by atoms with E-state index in [4.69, 9.17) is 10.6 Å². The van der Waals surface area contributed by atoms with Crippen LogP contribution in [0.3, 0.4) is 0 Å². The average Bonchev–Trinajstić information content (AvgIpc) is 2.35. The maximum Gasteiger partial charge on any atom is 0.268 e. The average molecular weight is 222 g/mol. The second kappa shape index (κ2) is 5.77. The van der Waals surface area contributed by atoms with Crippen molar-refractivity contribution in [1.82, 2.24) is 0 Å². The molecule has 1 aromatic carbocycles. The molecule has 0 radical (unpaired) electrons. The van der Waals surface area contributed by atoms with Gasteiger partial charge in [-0.3, -0.25) is 4.79 Å². The van der Waals surface area contributed by atoms with Crippen LogP contribution in [0.5, 0.6) is 5.75 Å². The molecule has 0 heterocycles. The van der Waals surface area contributed by atoms with Crippen LogP contribution < -0.4 is 15.6 Å². The molecule has 0 atom stereocenters. The highest BCUT2D eigenvalue weighted by atomic mass is 16.5. The Hall–Kier alpha value is -2.01. The third-order valence-corrected chi connectivity index (χ3v) is 1.93. The molecule has 0 aliphatic rings. The van der Waals surface area contributed by atoms with E-state index in [9.17, 15) is 4.79 Å². The second-order valence-corrected chi connectivity index (χ2v) is 2.94. The van der Waals surface area contributed by atoms with Crippen LogP contribution >= 0.6 is 0 Å². The first-order chi connectivity index (χ1) is 7.69. The Bertz CT molecular complexity index is 373. The highest BCUT2D eigenvalue weighted by molar-refractivity contribution is 6.00. The van der Waals surface area contributed by atoms with Crippen LogP contribution in [0.15, 0.2) is 36.6 Å². The van der Waals surface area contributed by atoms with Crippen molar-refractivity contribution in [2.45, 2.75) is 0 Å². The van der Waals surface area contributed by atoms with Crippen LogP contribution in [0.4, 0.5) is 5.69 Å². The molecule has 1 aromatic rings. The smallest absolute Gasteiger partial charge is 0.268 e. The second-order valence-electron chi connectivity index (χ2n) is 2.94. The molecule has 1 amide bonds. The van der Waals surface area contributed by atoms with Crippen LogP contribution in [0.1, 0.15) is 0 Å². The van der Waals surface area contributed by atoms with Gasteiger partial charge in [0.2, 0.25) is 0 Å². The van der Waals surface area contributed by atoms with Gasteiger partial charge in [-0.1, -0.05) is 0 Å². The standard InChI is InChI=1S/C11H14N2O3/c1-15-8-7-11(14)13(12)9-3-5-10(16-2)6-4-9/h3-8H,12H2,1-2H3. The molecule has 16 heavy (non-hydrogen) atoms. The zero-order chi connectivity index (χ0) is 12.0. The highest BCUT2D eigenvalue weighted by Crippen LogP contribution is 2.17. The van der Waals surface area contributed by atoms with E-state index in [1.54, 1.807) is 31.4 Å². The van der Waals surface area contributed by atoms with Gasteiger partial charge in [0.05, 0.1) is 26.2 Å². The van der Waals surface area contributed by atoms with Crippen molar-refractivity contribution in [2.24, 2.45) is 5.84 Å². The summed E-state index contributed by atoms with van der Waals surface area (Å²) in [6, 6.07) is 6.83. The lowest BCUT2D eigenvalue weighted by Gasteiger charge is -2.14. The minimum absolute atomic E-state index is 0.369. The normalized spacial score (nSPS) is 10.2. The predicted octanol–water partition coefficient (Wildman–Crippen LogP) is 1.06. The number of hydrogen-bond donors (Lipinski definition) is 1. The van der Waals surface area contributed by atoms with Crippen molar-refractivity contribution in [1.29, 1.82) is 0 Å². The molecule has 0 unspecified atom stereocenters. The minimum atomic E-state index is -0.369. The summed E-state index contributed by atoms with van der Waals surface area (Å²) in [5.41, 5.74) is 0.576. The summed E-state index contributed by atoms with van der Waals surface area (Å²) in [7, 11) is 3.03. The zero-order valence-electron chi connectivity index (χ0n) is 9.21. The number of amides is 1. The van der Waals surface area contributed by atoms with Gasteiger partial charge in [-0.05, 0) is 24.3 Å². The minimum Gasteiger partial charge on any atom is -0.504 e. The van der Waals surface area contributed by atoms with Gasteiger partial charge in [-0.25, -0.2) is 10.9 Å². The van der Waals surface area contributed by atoms with Gasteiger partial charge in [0.1, 0.15) is 5.75 Å². The molecule has 0 saturated carbocycles. The summed E-state index contributed by atoms with van der Waals surface area (Å²) in [5, 5.41) is 1.02. The van der Waals surface area contributed by atoms with Crippen LogP contribution in [-0.2, 0) is 9.53 Å². The first-order valence-corrected chi connectivity index (χ1v) is 4.61. The number of nitrogens with zero attached hydrogens (tertiary/aromatic N) is 1. The van der Waals surface area contributed by atoms with Crippen LogP contribution in [-0.4, -0.2) is 20.1 Å². The summed E-state index contributed by atoms with van der Waals surface area (Å²) < 4.78 is 9.63. The Morgan fingerprint density at radius 3 is 2.44 bits per heavy atom. The molecule has 0 aromatic heterocycles. The third-order valence-electron chi connectivity index (χ3n) is 1.93. The van der Waals surface area contributed by atoms with E-state index >= 15 is 0 Å². The van der Waals surface area contributed by atoms with Gasteiger partial charge in [0.25, 0.3) is 5.91 Å². The number of anilines is 1. The van der Waals surface area contributed by atoms with Crippen molar-refractivity contribution in [2.75, 3.05) is 19.2 Å². The first kappa shape index (κ1) is 12.1. The molecule has 0 spiro atoms. The van der Waals surface area contributed by atoms with E-state index in [-0.39, 0.29) is 5.91 Å². The van der Waals surface area contributed by atoms with E-state index in [2.05, 4.69) is 4.74 Å². The number of rotatable bonds is 4. The van der Waals surface area contributed by atoms with Crippen molar-refractivity contribution in [3.8, 4) is 5.75 Å². The number of ether oxygens (including phenoxy) is 2. The zero-order valence-corrected chi connectivity index (χ0v) is 9.21. The summed E-state index contributed by atoms with van der Waals surface area (Å²) in [6.45, 7) is 0. The largest absolute Gasteiger partial charge is 0.504 e. The van der Waals surface area contributed by atoms with Gasteiger partial charge in [0.15, 0.2) is 0 Å². The maximum atomic E-state index is 11.5. The van der Waals surface area contributed by atoms with E-state index in [1.807, 2.05) is 0 Å². The quantitative estimate of drug-likeness (QED) is 0.272. The van der Waals surface area contributed by atoms with Crippen LogP contribution in [0.25, 0.3) is 0 Å². The van der Waals surface area contributed by atoms with Crippen LogP contribution in [0.2, 0.25) is 0 Å². The van der Waals surface area contributed by atoms with Crippen molar-refractivity contribution < 1.29 is 14.3 Å². The van der Waals surface area contributed by atoms with E-state index < -0.39 is 0 Å². The summed E-state index contributed by atoms with van der Waals surface area (Å²) in [5.74, 6) is 5.94. The Morgan fingerprint density at radius 2 is 1.94 bits per heavy atom. The lowest BCUT2D eigenvalue weighted by Crippen LogP contribution is -2.36. The van der Waals surface area contributed by atoms with E-state index in [0.717, 1.165) is 5.01 Å². The lowest BCUT2D eigenvalue weighted by molar-refractivity contribution is -0.114. The van der Waals surface area contributed by atoms with E-state index in [1.165, 1.54) is 19.4 Å². The number of benzene rings is 1. The molecule has 0 saturated heterocycles. The fourth-order valence-corrected chi connectivity index (χ4v) is 1.08. The van der Waals surface area contributed by atoms with Gasteiger partial charge >= 0.3 is 0 Å². The molecule has 2 N–H and O–H groups in total. The first-order valence-electron chi connectivity index (χ1n) is 4.61. The van der Waals surface area contributed by atoms with Crippen LogP contribution in [0, 0.1) is 0 Å². The number of hydrazine groups is 1. The van der Waals surface area contributed by atoms with Gasteiger partial charge in [-0.15, -0.1) is 0 Å². The molecule has 0 aliphatic carbocycles. The number of carbonyl (C=O) groups excluding carboxylic acids is 1.